The number of hydrogen-bond acceptors (Lipinski definition) is 7. The van der Waals surface area contributed by atoms with E-state index >= 15 is 0 Å². The molecule has 4 atom stereocenters. The van der Waals surface area contributed by atoms with Crippen molar-refractivity contribution in [1.29, 1.82) is 0 Å². The molecule has 0 aromatic heterocycles. The first-order valence-electron chi connectivity index (χ1n) is 13.8. The monoisotopic (exact) mass is 691 g/mol. The van der Waals surface area contributed by atoms with Crippen LogP contribution in [0.3, 0.4) is 0 Å². The molecule has 1 N–H and O–H groups in total. The predicted octanol–water partition coefficient (Wildman–Crippen LogP) is 6.73. The van der Waals surface area contributed by atoms with Gasteiger partial charge in [-0.15, -0.1) is 0 Å². The molecule has 3 aromatic rings. The fraction of sp³-hybridized carbons (Fsp3) is 0.387. The molecule has 1 fully saturated rings. The Kier molecular flexibility index (Phi) is 9.99. The number of hydrogen-bond donors (Lipinski definition) is 1. The van der Waals surface area contributed by atoms with Gasteiger partial charge in [0.05, 0.1) is 17.5 Å². The van der Waals surface area contributed by atoms with Gasteiger partial charge in [0.1, 0.15) is 18.5 Å². The molecule has 1 aliphatic rings. The van der Waals surface area contributed by atoms with E-state index < -0.39 is 69.1 Å². The first kappa shape index (κ1) is 35.8. The average molecular weight is 692 g/mol. The summed E-state index contributed by atoms with van der Waals surface area (Å²) in [5.41, 5.74) is -1.00. The van der Waals surface area contributed by atoms with Crippen molar-refractivity contribution in [3.8, 4) is 5.75 Å². The number of ether oxygens (including phenoxy) is 4. The Bertz CT molecular complexity index is 1660. The number of halogens is 5. The zero-order valence-corrected chi connectivity index (χ0v) is 27.0. The van der Waals surface area contributed by atoms with Crippen molar-refractivity contribution in [3.63, 3.8) is 0 Å². The highest BCUT2D eigenvalue weighted by Crippen LogP contribution is 2.47. The summed E-state index contributed by atoms with van der Waals surface area (Å²) in [5.74, 6) is -2.54. The van der Waals surface area contributed by atoms with E-state index in [0.717, 1.165) is 21.6 Å². The van der Waals surface area contributed by atoms with Gasteiger partial charge in [-0.05, 0) is 82.1 Å². The van der Waals surface area contributed by atoms with Crippen LogP contribution in [0.4, 0.5) is 22.0 Å². The smallest absolute Gasteiger partial charge is 0.419 e. The lowest BCUT2D eigenvalue weighted by Gasteiger charge is -2.29. The second-order valence-corrected chi connectivity index (χ2v) is 14.6. The molecule has 8 nitrogen and oxygen atoms in total. The summed E-state index contributed by atoms with van der Waals surface area (Å²) in [4.78, 5) is 15.0. The molecule has 0 radical (unpaired) electrons. The average Bonchev–Trinajstić information content (AvgIpc) is 3.31. The first-order valence-corrected chi connectivity index (χ1v) is 16.4. The fourth-order valence-corrected chi connectivity index (χ4v) is 7.47. The number of esters is 1. The molecule has 46 heavy (non-hydrogen) atoms. The van der Waals surface area contributed by atoms with Crippen molar-refractivity contribution >= 4 is 27.0 Å². The number of carbonyl (C=O) groups is 1. The molecule has 0 aliphatic carbocycles. The molecule has 0 amide bonds. The Balaban J connectivity index is 1.59. The topological polar surface area (TPSA) is 108 Å². The molecule has 3 aromatic carbocycles. The van der Waals surface area contributed by atoms with Crippen LogP contribution in [0, 0.1) is 13.8 Å². The van der Waals surface area contributed by atoms with Crippen LogP contribution in [-0.2, 0) is 45.8 Å². The van der Waals surface area contributed by atoms with Crippen molar-refractivity contribution in [1.82, 2.24) is 0 Å². The molecule has 15 heteroatoms. The Morgan fingerprint density at radius 3 is 2.00 bits per heavy atom. The van der Waals surface area contributed by atoms with Crippen LogP contribution in [0.25, 0.3) is 0 Å². The van der Waals surface area contributed by atoms with Crippen molar-refractivity contribution in [2.45, 2.75) is 78.2 Å². The van der Waals surface area contributed by atoms with E-state index in [4.69, 9.17) is 18.8 Å². The molecule has 0 saturated carbocycles. The van der Waals surface area contributed by atoms with Crippen molar-refractivity contribution in [3.05, 3.63) is 83.4 Å². The van der Waals surface area contributed by atoms with E-state index in [0.29, 0.717) is 23.6 Å². The molecule has 1 aliphatic heterocycles. The van der Waals surface area contributed by atoms with E-state index in [1.54, 1.807) is 50.2 Å². The lowest BCUT2D eigenvalue weighted by molar-refractivity contribution is -0.283. The van der Waals surface area contributed by atoms with Crippen molar-refractivity contribution in [2.75, 3.05) is 13.2 Å². The molecule has 4 rings (SSSR count). The van der Waals surface area contributed by atoms with Gasteiger partial charge >= 0.3 is 27.5 Å². The second kappa shape index (κ2) is 12.8. The highest BCUT2D eigenvalue weighted by molar-refractivity contribution is 7.97. The van der Waals surface area contributed by atoms with E-state index in [1.165, 1.54) is 6.92 Å². The first-order chi connectivity index (χ1) is 21.2. The molecule has 4 unspecified atom stereocenters. The van der Waals surface area contributed by atoms with E-state index in [-0.39, 0.29) is 5.75 Å². The minimum absolute atomic E-state index is 0.148. The second-order valence-electron chi connectivity index (χ2n) is 11.1. The van der Waals surface area contributed by atoms with Crippen LogP contribution < -0.4 is 4.74 Å². The summed E-state index contributed by atoms with van der Waals surface area (Å²) in [7, 11) is -6.49. The molecule has 0 spiro atoms. The third-order valence-electron chi connectivity index (χ3n) is 7.39. The zero-order valence-electron chi connectivity index (χ0n) is 25.4. The summed E-state index contributed by atoms with van der Waals surface area (Å²) in [5, 5.41) is -4.63. The molecule has 250 valence electrons. The third-order valence-corrected chi connectivity index (χ3v) is 10.6. The lowest BCUT2D eigenvalue weighted by Crippen LogP contribution is -2.45. The Hall–Kier alpha value is -3.08. The highest BCUT2D eigenvalue weighted by atomic mass is 32.2. The van der Waals surface area contributed by atoms with E-state index in [9.17, 15) is 35.2 Å². The quantitative estimate of drug-likeness (QED) is 0.0820. The summed E-state index contributed by atoms with van der Waals surface area (Å²) >= 11 is 0. The van der Waals surface area contributed by atoms with Gasteiger partial charge in [0.15, 0.2) is 26.1 Å². The van der Waals surface area contributed by atoms with Gasteiger partial charge in [-0.2, -0.15) is 30.4 Å². The van der Waals surface area contributed by atoms with Gasteiger partial charge in [0, 0.05) is 17.7 Å². The number of alkyl halides is 5. The van der Waals surface area contributed by atoms with Gasteiger partial charge in [0.25, 0.3) is 0 Å². The Morgan fingerprint density at radius 2 is 1.50 bits per heavy atom. The van der Waals surface area contributed by atoms with Crippen LogP contribution in [0.15, 0.2) is 81.4 Å². The van der Waals surface area contributed by atoms with Crippen LogP contribution in [0.1, 0.15) is 37.5 Å². The summed E-state index contributed by atoms with van der Waals surface area (Å²) in [6.45, 7) is 4.77. The normalized spacial score (nSPS) is 22.0. The molecule has 0 bridgehead atoms. The van der Waals surface area contributed by atoms with Gasteiger partial charge in [0.2, 0.25) is 0 Å². The lowest BCUT2D eigenvalue weighted by atomic mass is 10.1. The Labute approximate surface area is 265 Å². The number of carbonyl (C=O) groups excluding carboxylic acids is 1. The minimum Gasteiger partial charge on any atom is -0.424 e. The van der Waals surface area contributed by atoms with Crippen LogP contribution >= 0.6 is 0 Å². The third kappa shape index (κ3) is 7.24. The zero-order chi connectivity index (χ0) is 34.3. The largest absolute Gasteiger partial charge is 0.424 e. The molecule has 1 heterocycles. The fourth-order valence-electron chi connectivity index (χ4n) is 4.74. The van der Waals surface area contributed by atoms with E-state index in [2.05, 4.69) is 4.74 Å². The SMILES string of the molecule is Cc1cc([S+](c2ccccc2)c2ccc(C3(C)OCC(C)(C(F)(F)F)O3)cc2)cc(C)c1OC(=O)COC(C)C(F)(F)S(=O)(=O)O. The van der Waals surface area contributed by atoms with Gasteiger partial charge < -0.3 is 18.9 Å². The molecular formula is C31H32F5O8S2+. The van der Waals surface area contributed by atoms with Gasteiger partial charge in [-0.3, -0.25) is 4.55 Å². The predicted molar refractivity (Wildman–Crippen MR) is 157 cm³/mol. The number of rotatable bonds is 10. The van der Waals surface area contributed by atoms with Crippen LogP contribution in [0.5, 0.6) is 5.75 Å². The van der Waals surface area contributed by atoms with Crippen molar-refractivity contribution in [2.24, 2.45) is 0 Å². The van der Waals surface area contributed by atoms with Crippen LogP contribution in [0.2, 0.25) is 0 Å². The maximum atomic E-state index is 13.8. The maximum absolute atomic E-state index is 13.8. The van der Waals surface area contributed by atoms with Gasteiger partial charge in [-0.1, -0.05) is 18.2 Å². The summed E-state index contributed by atoms with van der Waals surface area (Å²) in [6.07, 6.45) is -6.95. The standard InChI is InChI=1S/C31H31F5O8S2/c1-19-15-25(16-20(2)27(19)43-26(37)17-41-21(3)30(32,33)46(38,39)40)45(23-9-7-6-8-10-23)24-13-11-22(12-14-24)29(5)42-18-28(4,44-29)31(34,35)36/h6-16,21H,17-18H2,1-5H3/p+1. The summed E-state index contributed by atoms with van der Waals surface area (Å²) in [6, 6.07) is 19.9. The number of benzene rings is 3. The van der Waals surface area contributed by atoms with E-state index in [1.807, 2.05) is 30.3 Å². The number of aryl methyl sites for hydroxylation is 2. The summed E-state index contributed by atoms with van der Waals surface area (Å²) < 4.78 is 120. The maximum Gasteiger partial charge on any atom is 0.419 e. The molecule has 1 saturated heterocycles. The van der Waals surface area contributed by atoms with Crippen LogP contribution in [-0.4, -0.2) is 55.3 Å². The minimum atomic E-state index is -5.76. The van der Waals surface area contributed by atoms with Gasteiger partial charge in [-0.25, -0.2) is 4.79 Å². The highest BCUT2D eigenvalue weighted by Gasteiger charge is 2.61. The molecular weight excluding hydrogens is 659 g/mol. The van der Waals surface area contributed by atoms with Crippen molar-refractivity contribution < 1.29 is 58.7 Å². The Morgan fingerprint density at radius 1 is 0.957 bits per heavy atom.